The Morgan fingerprint density at radius 3 is 2.83 bits per heavy atom. The van der Waals surface area contributed by atoms with E-state index in [2.05, 4.69) is 24.4 Å². The van der Waals surface area contributed by atoms with Crippen LogP contribution in [0, 0.1) is 5.92 Å². The monoisotopic (exact) mass is 244 g/mol. The number of amides is 1. The lowest BCUT2D eigenvalue weighted by Gasteiger charge is -2.21. The van der Waals surface area contributed by atoms with Gasteiger partial charge in [0.1, 0.15) is 0 Å². The van der Waals surface area contributed by atoms with Crippen LogP contribution in [-0.4, -0.2) is 23.9 Å². The molecule has 1 N–H and O–H groups in total. The number of rotatable bonds is 4. The highest BCUT2D eigenvalue weighted by molar-refractivity contribution is 5.94. The molecule has 1 aromatic rings. The third kappa shape index (κ3) is 2.27. The lowest BCUT2D eigenvalue weighted by Crippen LogP contribution is -2.32. The predicted octanol–water partition coefficient (Wildman–Crippen LogP) is 2.16. The molecule has 3 rings (SSSR count). The molecule has 96 valence electrons. The van der Waals surface area contributed by atoms with E-state index in [1.165, 1.54) is 24.0 Å². The molecule has 0 saturated heterocycles. The Balaban J connectivity index is 1.77. The van der Waals surface area contributed by atoms with Crippen LogP contribution in [0.15, 0.2) is 18.2 Å². The van der Waals surface area contributed by atoms with Crippen LogP contribution >= 0.6 is 0 Å². The zero-order valence-corrected chi connectivity index (χ0v) is 10.9. The number of hydrogen-bond donors (Lipinski definition) is 1. The third-order valence-corrected chi connectivity index (χ3v) is 3.93. The summed E-state index contributed by atoms with van der Waals surface area (Å²) >= 11 is 0. The van der Waals surface area contributed by atoms with Crippen molar-refractivity contribution >= 4 is 5.91 Å². The lowest BCUT2D eigenvalue weighted by molar-refractivity contribution is 0.0757. The van der Waals surface area contributed by atoms with E-state index in [0.717, 1.165) is 37.7 Å². The van der Waals surface area contributed by atoms with Crippen LogP contribution in [0.25, 0.3) is 0 Å². The minimum atomic E-state index is 0.194. The molecule has 18 heavy (non-hydrogen) atoms. The Morgan fingerprint density at radius 1 is 1.33 bits per heavy atom. The largest absolute Gasteiger partial charge is 0.339 e. The molecule has 0 radical (unpaired) electrons. The molecule has 1 aliphatic heterocycles. The van der Waals surface area contributed by atoms with Gasteiger partial charge in [-0.15, -0.1) is 0 Å². The second kappa shape index (κ2) is 4.73. The zero-order chi connectivity index (χ0) is 12.5. The highest BCUT2D eigenvalue weighted by Crippen LogP contribution is 2.30. The highest BCUT2D eigenvalue weighted by Gasteiger charge is 2.26. The molecule has 3 heteroatoms. The van der Waals surface area contributed by atoms with Crippen molar-refractivity contribution in [2.24, 2.45) is 5.92 Å². The molecule has 1 amide bonds. The van der Waals surface area contributed by atoms with E-state index in [4.69, 9.17) is 0 Å². The van der Waals surface area contributed by atoms with Crippen molar-refractivity contribution in [1.82, 2.24) is 10.2 Å². The SMILES string of the molecule is CCN(CC1CC1)C(=O)c1ccc2c(c1)CNC2. The number of nitrogens with one attached hydrogen (secondary N) is 1. The number of fused-ring (bicyclic) bond motifs is 1. The molecule has 1 aromatic carbocycles. The number of hydrogen-bond acceptors (Lipinski definition) is 2. The number of carbonyl (C=O) groups excluding carboxylic acids is 1. The van der Waals surface area contributed by atoms with Gasteiger partial charge in [-0.05, 0) is 48.9 Å². The van der Waals surface area contributed by atoms with Crippen LogP contribution in [0.5, 0.6) is 0 Å². The van der Waals surface area contributed by atoms with Crippen molar-refractivity contribution in [2.75, 3.05) is 13.1 Å². The molecular formula is C15H20N2O. The molecular weight excluding hydrogens is 224 g/mol. The van der Waals surface area contributed by atoms with E-state index in [1.807, 2.05) is 11.0 Å². The van der Waals surface area contributed by atoms with Gasteiger partial charge in [-0.1, -0.05) is 6.07 Å². The van der Waals surface area contributed by atoms with Gasteiger partial charge >= 0.3 is 0 Å². The van der Waals surface area contributed by atoms with Gasteiger partial charge in [-0.2, -0.15) is 0 Å². The zero-order valence-electron chi connectivity index (χ0n) is 10.9. The van der Waals surface area contributed by atoms with Crippen molar-refractivity contribution in [2.45, 2.75) is 32.9 Å². The third-order valence-electron chi connectivity index (χ3n) is 3.93. The molecule has 1 heterocycles. The second-order valence-corrected chi connectivity index (χ2v) is 5.37. The normalized spacial score (nSPS) is 17.6. The van der Waals surface area contributed by atoms with Crippen LogP contribution in [-0.2, 0) is 13.1 Å². The van der Waals surface area contributed by atoms with Crippen LogP contribution in [0.1, 0.15) is 41.3 Å². The van der Waals surface area contributed by atoms with Crippen molar-refractivity contribution in [3.8, 4) is 0 Å². The van der Waals surface area contributed by atoms with Crippen molar-refractivity contribution in [3.05, 3.63) is 34.9 Å². The molecule has 0 atom stereocenters. The van der Waals surface area contributed by atoms with E-state index in [0.29, 0.717) is 0 Å². The summed E-state index contributed by atoms with van der Waals surface area (Å²) in [4.78, 5) is 14.4. The van der Waals surface area contributed by atoms with Crippen molar-refractivity contribution in [3.63, 3.8) is 0 Å². The number of benzene rings is 1. The van der Waals surface area contributed by atoms with Crippen LogP contribution in [0.2, 0.25) is 0 Å². The first-order valence-corrected chi connectivity index (χ1v) is 6.89. The van der Waals surface area contributed by atoms with Gasteiger partial charge < -0.3 is 10.2 Å². The Morgan fingerprint density at radius 2 is 2.11 bits per heavy atom. The molecule has 0 unspecified atom stereocenters. The Labute approximate surface area is 108 Å². The van der Waals surface area contributed by atoms with Gasteiger partial charge in [-0.3, -0.25) is 4.79 Å². The van der Waals surface area contributed by atoms with E-state index in [9.17, 15) is 4.79 Å². The van der Waals surface area contributed by atoms with Gasteiger partial charge in [0.2, 0.25) is 0 Å². The quantitative estimate of drug-likeness (QED) is 0.880. The Kier molecular flexibility index (Phi) is 3.08. The Bertz CT molecular complexity index is 466. The average molecular weight is 244 g/mol. The van der Waals surface area contributed by atoms with Gasteiger partial charge in [0.25, 0.3) is 5.91 Å². The molecule has 1 fully saturated rings. The summed E-state index contributed by atoms with van der Waals surface area (Å²) in [6.07, 6.45) is 2.58. The van der Waals surface area contributed by atoms with Gasteiger partial charge in [0.05, 0.1) is 0 Å². The summed E-state index contributed by atoms with van der Waals surface area (Å²) in [6, 6.07) is 6.13. The fraction of sp³-hybridized carbons (Fsp3) is 0.533. The van der Waals surface area contributed by atoms with Crippen LogP contribution < -0.4 is 5.32 Å². The molecule has 0 aromatic heterocycles. The molecule has 0 spiro atoms. The fourth-order valence-corrected chi connectivity index (χ4v) is 2.58. The maximum absolute atomic E-state index is 12.4. The molecule has 3 nitrogen and oxygen atoms in total. The topological polar surface area (TPSA) is 32.3 Å². The summed E-state index contributed by atoms with van der Waals surface area (Å²) < 4.78 is 0. The van der Waals surface area contributed by atoms with Gasteiger partial charge in [-0.25, -0.2) is 0 Å². The van der Waals surface area contributed by atoms with Crippen LogP contribution in [0.4, 0.5) is 0 Å². The van der Waals surface area contributed by atoms with Crippen LogP contribution in [0.3, 0.4) is 0 Å². The average Bonchev–Trinajstić information content (AvgIpc) is 3.09. The maximum Gasteiger partial charge on any atom is 0.253 e. The Hall–Kier alpha value is -1.35. The minimum Gasteiger partial charge on any atom is -0.339 e. The molecule has 2 aliphatic rings. The fourth-order valence-electron chi connectivity index (χ4n) is 2.58. The van der Waals surface area contributed by atoms with Gasteiger partial charge in [0.15, 0.2) is 0 Å². The van der Waals surface area contributed by atoms with Gasteiger partial charge in [0, 0.05) is 31.7 Å². The standard InChI is InChI=1S/C15H20N2O/c1-2-17(10-11-3-4-11)15(18)12-5-6-13-8-16-9-14(13)7-12/h5-7,11,16H,2-4,8-10H2,1H3. The smallest absolute Gasteiger partial charge is 0.253 e. The first-order chi connectivity index (χ1) is 8.78. The van der Waals surface area contributed by atoms with E-state index < -0.39 is 0 Å². The minimum absolute atomic E-state index is 0.194. The summed E-state index contributed by atoms with van der Waals surface area (Å²) in [6.45, 7) is 5.64. The molecule has 1 aliphatic carbocycles. The first kappa shape index (κ1) is 11.7. The highest BCUT2D eigenvalue weighted by atomic mass is 16.2. The van der Waals surface area contributed by atoms with E-state index in [-0.39, 0.29) is 5.91 Å². The van der Waals surface area contributed by atoms with Crippen molar-refractivity contribution < 1.29 is 4.79 Å². The van der Waals surface area contributed by atoms with E-state index in [1.54, 1.807) is 0 Å². The number of nitrogens with zero attached hydrogens (tertiary/aromatic N) is 1. The second-order valence-electron chi connectivity index (χ2n) is 5.37. The summed E-state index contributed by atoms with van der Waals surface area (Å²) in [5, 5.41) is 3.31. The van der Waals surface area contributed by atoms with Crippen molar-refractivity contribution in [1.29, 1.82) is 0 Å². The summed E-state index contributed by atoms with van der Waals surface area (Å²) in [5.41, 5.74) is 3.46. The lowest BCUT2D eigenvalue weighted by atomic mass is 10.1. The number of carbonyl (C=O) groups is 1. The first-order valence-electron chi connectivity index (χ1n) is 6.89. The molecule has 1 saturated carbocycles. The summed E-state index contributed by atoms with van der Waals surface area (Å²) in [5.74, 6) is 0.948. The maximum atomic E-state index is 12.4. The predicted molar refractivity (Wildman–Crippen MR) is 71.3 cm³/mol. The van der Waals surface area contributed by atoms with E-state index >= 15 is 0 Å². The summed E-state index contributed by atoms with van der Waals surface area (Å²) in [7, 11) is 0. The molecule has 0 bridgehead atoms.